The fraction of sp³-hybridized carbons (Fsp3) is 0.385. The van der Waals surface area contributed by atoms with Gasteiger partial charge in [0.25, 0.3) is 0 Å². The molecule has 19 heavy (non-hydrogen) atoms. The average molecular weight is 278 g/mol. The second-order valence-corrected chi connectivity index (χ2v) is 5.48. The molecule has 5 nitrogen and oxygen atoms in total. The number of aromatic nitrogens is 2. The van der Waals surface area contributed by atoms with Crippen molar-refractivity contribution in [1.82, 2.24) is 9.78 Å². The maximum atomic E-state index is 11.9. The van der Waals surface area contributed by atoms with Gasteiger partial charge in [-0.2, -0.15) is 5.10 Å². The molecule has 2 heterocycles. The molecule has 6 heteroatoms. The van der Waals surface area contributed by atoms with Crippen molar-refractivity contribution in [3.63, 3.8) is 0 Å². The molecule has 1 amide bonds. The van der Waals surface area contributed by atoms with Crippen LogP contribution in [0.25, 0.3) is 0 Å². The van der Waals surface area contributed by atoms with Crippen molar-refractivity contribution in [1.29, 1.82) is 0 Å². The molecule has 0 fully saturated rings. The maximum Gasteiger partial charge on any atom is 0.225 e. The molecule has 0 aliphatic heterocycles. The quantitative estimate of drug-likeness (QED) is 0.881. The van der Waals surface area contributed by atoms with E-state index in [4.69, 9.17) is 5.73 Å². The molecule has 0 aliphatic carbocycles. The number of hydrogen-bond donors (Lipinski definition) is 2. The van der Waals surface area contributed by atoms with E-state index in [0.29, 0.717) is 17.9 Å². The second kappa shape index (κ2) is 5.88. The Balaban J connectivity index is 1.84. The summed E-state index contributed by atoms with van der Waals surface area (Å²) in [5, 5.41) is 9.03. The summed E-state index contributed by atoms with van der Waals surface area (Å²) in [7, 11) is 1.77. The smallest absolute Gasteiger partial charge is 0.225 e. The van der Waals surface area contributed by atoms with Crippen molar-refractivity contribution in [3.05, 3.63) is 28.1 Å². The Morgan fingerprint density at radius 2 is 2.37 bits per heavy atom. The summed E-state index contributed by atoms with van der Waals surface area (Å²) in [5.41, 5.74) is 7.13. The Kier molecular flexibility index (Phi) is 4.21. The number of nitrogen functional groups attached to an aromatic ring is 1. The highest BCUT2D eigenvalue weighted by molar-refractivity contribution is 7.09. The zero-order valence-electron chi connectivity index (χ0n) is 11.1. The molecule has 0 spiro atoms. The van der Waals surface area contributed by atoms with Gasteiger partial charge in [-0.25, -0.2) is 0 Å². The first kappa shape index (κ1) is 13.6. The molecule has 0 saturated carbocycles. The van der Waals surface area contributed by atoms with E-state index < -0.39 is 0 Å². The highest BCUT2D eigenvalue weighted by Gasteiger charge is 2.12. The predicted molar refractivity (Wildman–Crippen MR) is 78.2 cm³/mol. The Morgan fingerprint density at radius 3 is 2.95 bits per heavy atom. The van der Waals surface area contributed by atoms with Gasteiger partial charge in [0.05, 0.1) is 11.4 Å². The third-order valence-electron chi connectivity index (χ3n) is 2.93. The van der Waals surface area contributed by atoms with Gasteiger partial charge in [-0.15, -0.1) is 11.3 Å². The van der Waals surface area contributed by atoms with Gasteiger partial charge in [-0.05, 0) is 31.2 Å². The fourth-order valence-corrected chi connectivity index (χ4v) is 2.65. The molecule has 0 aliphatic rings. The number of rotatable bonds is 5. The van der Waals surface area contributed by atoms with Crippen molar-refractivity contribution in [2.24, 2.45) is 7.05 Å². The van der Waals surface area contributed by atoms with Gasteiger partial charge in [0.15, 0.2) is 5.82 Å². The van der Waals surface area contributed by atoms with Crippen molar-refractivity contribution < 1.29 is 4.79 Å². The van der Waals surface area contributed by atoms with Crippen LogP contribution >= 0.6 is 11.3 Å². The second-order valence-electron chi connectivity index (χ2n) is 4.45. The summed E-state index contributed by atoms with van der Waals surface area (Å²) in [4.78, 5) is 13.2. The van der Waals surface area contributed by atoms with Crippen molar-refractivity contribution >= 4 is 28.7 Å². The molecule has 2 rings (SSSR count). The van der Waals surface area contributed by atoms with Crippen molar-refractivity contribution in [3.8, 4) is 0 Å². The Morgan fingerprint density at radius 1 is 1.58 bits per heavy atom. The van der Waals surface area contributed by atoms with Crippen LogP contribution in [0.1, 0.15) is 23.4 Å². The molecular formula is C13H18N4OS. The zero-order valence-corrected chi connectivity index (χ0v) is 12.0. The Labute approximate surface area is 116 Å². The highest BCUT2D eigenvalue weighted by atomic mass is 32.1. The van der Waals surface area contributed by atoms with E-state index in [0.717, 1.165) is 18.5 Å². The topological polar surface area (TPSA) is 72.9 Å². The molecule has 2 aromatic rings. The average Bonchev–Trinajstić information content (AvgIpc) is 2.94. The van der Waals surface area contributed by atoms with Crippen LogP contribution < -0.4 is 11.1 Å². The maximum absolute atomic E-state index is 11.9. The van der Waals surface area contributed by atoms with E-state index >= 15 is 0 Å². The summed E-state index contributed by atoms with van der Waals surface area (Å²) in [5.74, 6) is 0.560. The van der Waals surface area contributed by atoms with E-state index in [9.17, 15) is 4.79 Å². The van der Waals surface area contributed by atoms with Crippen LogP contribution in [0.4, 0.5) is 11.5 Å². The van der Waals surface area contributed by atoms with Gasteiger partial charge >= 0.3 is 0 Å². The summed E-state index contributed by atoms with van der Waals surface area (Å²) in [6.07, 6.45) is 2.26. The van der Waals surface area contributed by atoms with Gasteiger partial charge in [0, 0.05) is 18.3 Å². The van der Waals surface area contributed by atoms with Crippen LogP contribution in [0.3, 0.4) is 0 Å². The first-order valence-corrected chi connectivity index (χ1v) is 7.07. The van der Waals surface area contributed by atoms with E-state index in [2.05, 4.69) is 21.9 Å². The molecule has 3 N–H and O–H groups in total. The van der Waals surface area contributed by atoms with E-state index in [1.165, 1.54) is 4.88 Å². The number of nitrogens with zero attached hydrogens (tertiary/aromatic N) is 2. The molecule has 102 valence electrons. The van der Waals surface area contributed by atoms with Gasteiger partial charge in [-0.1, -0.05) is 6.07 Å². The third-order valence-corrected chi connectivity index (χ3v) is 3.87. The highest BCUT2D eigenvalue weighted by Crippen LogP contribution is 2.21. The number of aryl methyl sites for hydroxylation is 3. The van der Waals surface area contributed by atoms with E-state index in [1.54, 1.807) is 23.1 Å². The first-order chi connectivity index (χ1) is 9.08. The van der Waals surface area contributed by atoms with Crippen molar-refractivity contribution in [2.75, 3.05) is 11.1 Å². The van der Waals surface area contributed by atoms with Crippen LogP contribution in [0.15, 0.2) is 17.5 Å². The van der Waals surface area contributed by atoms with Gasteiger partial charge < -0.3 is 11.1 Å². The predicted octanol–water partition coefficient (Wildman–Crippen LogP) is 2.33. The molecule has 0 bridgehead atoms. The third kappa shape index (κ3) is 3.35. The molecule has 0 unspecified atom stereocenters. The number of amides is 1. The van der Waals surface area contributed by atoms with Gasteiger partial charge in [-0.3, -0.25) is 9.48 Å². The summed E-state index contributed by atoms with van der Waals surface area (Å²) >= 11 is 1.72. The first-order valence-electron chi connectivity index (χ1n) is 6.19. The number of nitrogens with one attached hydrogen (secondary N) is 1. The molecule has 0 atom stereocenters. The van der Waals surface area contributed by atoms with Crippen LogP contribution in [0, 0.1) is 6.92 Å². The normalized spacial score (nSPS) is 10.6. The monoisotopic (exact) mass is 278 g/mol. The van der Waals surface area contributed by atoms with Gasteiger partial charge in [0.2, 0.25) is 5.91 Å². The summed E-state index contributed by atoms with van der Waals surface area (Å²) < 4.78 is 1.60. The van der Waals surface area contributed by atoms with Crippen LogP contribution in [0.5, 0.6) is 0 Å². The number of carbonyl (C=O) groups excluding carboxylic acids is 1. The Bertz CT molecular complexity index is 559. The minimum atomic E-state index is -0.0220. The SMILES string of the molecule is Cc1nn(C)c(NC(=O)CCCc2cccs2)c1N. The van der Waals surface area contributed by atoms with Crippen LogP contribution in [-0.2, 0) is 18.3 Å². The lowest BCUT2D eigenvalue weighted by molar-refractivity contribution is -0.116. The number of anilines is 2. The molecule has 0 aromatic carbocycles. The number of nitrogens with two attached hydrogens (primary N) is 1. The molecular weight excluding hydrogens is 260 g/mol. The van der Waals surface area contributed by atoms with Gasteiger partial charge in [0.1, 0.15) is 0 Å². The van der Waals surface area contributed by atoms with Crippen molar-refractivity contribution in [2.45, 2.75) is 26.2 Å². The lowest BCUT2D eigenvalue weighted by Crippen LogP contribution is -2.15. The molecule has 0 radical (unpaired) electrons. The molecule has 2 aromatic heterocycles. The summed E-state index contributed by atoms with van der Waals surface area (Å²) in [6.45, 7) is 1.82. The van der Waals surface area contributed by atoms with E-state index in [-0.39, 0.29) is 5.91 Å². The summed E-state index contributed by atoms with van der Waals surface area (Å²) in [6, 6.07) is 4.12. The minimum Gasteiger partial charge on any atom is -0.394 e. The fourth-order valence-electron chi connectivity index (χ4n) is 1.90. The number of carbonyl (C=O) groups is 1. The number of hydrogen-bond acceptors (Lipinski definition) is 4. The Hall–Kier alpha value is -1.82. The molecule has 0 saturated heterocycles. The van der Waals surface area contributed by atoms with Crippen LogP contribution in [0.2, 0.25) is 0 Å². The van der Waals surface area contributed by atoms with Crippen LogP contribution in [-0.4, -0.2) is 15.7 Å². The zero-order chi connectivity index (χ0) is 13.8. The lowest BCUT2D eigenvalue weighted by atomic mass is 10.2. The largest absolute Gasteiger partial charge is 0.394 e. The minimum absolute atomic E-state index is 0.0220. The standard InChI is InChI=1S/C13H18N4OS/c1-9-12(14)13(17(2)16-9)15-11(18)7-3-5-10-6-4-8-19-10/h4,6,8H,3,5,7,14H2,1-2H3,(H,15,18). The lowest BCUT2D eigenvalue weighted by Gasteiger charge is -2.06. The van der Waals surface area contributed by atoms with E-state index in [1.807, 2.05) is 13.0 Å². The number of thiophene rings is 1.